The third-order valence-corrected chi connectivity index (χ3v) is 1.25. The zero-order chi connectivity index (χ0) is 12.3. The van der Waals surface area contributed by atoms with E-state index in [1.54, 1.807) is 0 Å². The highest BCUT2D eigenvalue weighted by Gasteiger charge is 1.80. The van der Waals surface area contributed by atoms with E-state index in [4.69, 9.17) is 0 Å². The Morgan fingerprint density at radius 1 is 1.00 bits per heavy atom. The lowest BCUT2D eigenvalue weighted by Gasteiger charge is -1.89. The zero-order valence-electron chi connectivity index (χ0n) is 10.3. The standard InChI is InChI=1S/C8H10.C2H6O2S.C2H6/c1-2-8-6-4-3-5-7-8;1-5(2,3)4;1-2/h3-7H,2H2,1H3;1-2H3;1-2H3. The minimum absolute atomic E-state index is 1.14. The predicted octanol–water partition coefficient (Wildman–Crippen LogP) is 2.94. The highest BCUT2D eigenvalue weighted by molar-refractivity contribution is 7.89. The minimum atomic E-state index is -2.67. The van der Waals surface area contributed by atoms with Crippen LogP contribution in [0.3, 0.4) is 0 Å². The number of rotatable bonds is 1. The van der Waals surface area contributed by atoms with E-state index in [0.717, 1.165) is 18.9 Å². The summed E-state index contributed by atoms with van der Waals surface area (Å²) >= 11 is 0. The molecule has 0 saturated carbocycles. The monoisotopic (exact) mass is 230 g/mol. The first-order chi connectivity index (χ1) is 6.93. The van der Waals surface area contributed by atoms with E-state index in [2.05, 4.69) is 31.2 Å². The van der Waals surface area contributed by atoms with Crippen LogP contribution in [0.25, 0.3) is 0 Å². The fourth-order valence-electron chi connectivity index (χ4n) is 0.714. The molecule has 88 valence electrons. The molecule has 0 atom stereocenters. The van der Waals surface area contributed by atoms with Gasteiger partial charge in [-0.15, -0.1) is 0 Å². The zero-order valence-corrected chi connectivity index (χ0v) is 11.1. The molecule has 15 heavy (non-hydrogen) atoms. The van der Waals surface area contributed by atoms with Gasteiger partial charge < -0.3 is 0 Å². The molecule has 0 bridgehead atoms. The van der Waals surface area contributed by atoms with Gasteiger partial charge in [-0.25, -0.2) is 8.42 Å². The van der Waals surface area contributed by atoms with Crippen molar-refractivity contribution in [2.75, 3.05) is 12.5 Å². The summed E-state index contributed by atoms with van der Waals surface area (Å²) in [5, 5.41) is 0. The molecule has 1 rings (SSSR count). The number of sulfone groups is 1. The van der Waals surface area contributed by atoms with E-state index in [9.17, 15) is 8.42 Å². The second kappa shape index (κ2) is 9.71. The molecule has 2 nitrogen and oxygen atoms in total. The van der Waals surface area contributed by atoms with Gasteiger partial charge in [0, 0.05) is 12.5 Å². The summed E-state index contributed by atoms with van der Waals surface area (Å²) in [6.07, 6.45) is 3.46. The SMILES string of the molecule is CC.CCc1ccccc1.CS(C)(=O)=O. The first kappa shape index (κ1) is 16.6. The molecule has 0 aliphatic rings. The summed E-state index contributed by atoms with van der Waals surface area (Å²) in [6.45, 7) is 6.16. The second-order valence-electron chi connectivity index (χ2n) is 2.98. The molecule has 0 fully saturated rings. The van der Waals surface area contributed by atoms with Gasteiger partial charge in [0.15, 0.2) is 0 Å². The van der Waals surface area contributed by atoms with Crippen molar-refractivity contribution in [1.82, 2.24) is 0 Å². The van der Waals surface area contributed by atoms with Gasteiger partial charge in [0.2, 0.25) is 0 Å². The maximum absolute atomic E-state index is 9.63. The third kappa shape index (κ3) is 19.5. The van der Waals surface area contributed by atoms with E-state index in [1.165, 1.54) is 5.56 Å². The van der Waals surface area contributed by atoms with E-state index >= 15 is 0 Å². The van der Waals surface area contributed by atoms with Gasteiger partial charge in [0.25, 0.3) is 0 Å². The number of hydrogen-bond acceptors (Lipinski definition) is 2. The van der Waals surface area contributed by atoms with Crippen molar-refractivity contribution in [2.45, 2.75) is 27.2 Å². The van der Waals surface area contributed by atoms with E-state index in [-0.39, 0.29) is 0 Å². The molecule has 0 aromatic heterocycles. The molecule has 0 N–H and O–H groups in total. The Hall–Kier alpha value is -0.830. The first-order valence-electron chi connectivity index (χ1n) is 5.12. The lowest BCUT2D eigenvalue weighted by atomic mass is 10.2. The predicted molar refractivity (Wildman–Crippen MR) is 67.9 cm³/mol. The van der Waals surface area contributed by atoms with Crippen molar-refractivity contribution >= 4 is 9.84 Å². The fourth-order valence-corrected chi connectivity index (χ4v) is 0.714. The molecule has 0 aliphatic carbocycles. The fraction of sp³-hybridized carbons (Fsp3) is 0.500. The van der Waals surface area contributed by atoms with Crippen LogP contribution >= 0.6 is 0 Å². The number of hydrogen-bond donors (Lipinski definition) is 0. The maximum Gasteiger partial charge on any atom is 0.144 e. The molecule has 0 unspecified atom stereocenters. The molecule has 0 aliphatic heterocycles. The van der Waals surface area contributed by atoms with Crippen molar-refractivity contribution in [3.05, 3.63) is 35.9 Å². The van der Waals surface area contributed by atoms with Crippen molar-refractivity contribution in [3.63, 3.8) is 0 Å². The van der Waals surface area contributed by atoms with E-state index in [0.29, 0.717) is 0 Å². The van der Waals surface area contributed by atoms with Crippen LogP contribution in [0.1, 0.15) is 26.3 Å². The van der Waals surface area contributed by atoms with E-state index < -0.39 is 9.84 Å². The van der Waals surface area contributed by atoms with Crippen LogP contribution in [0.2, 0.25) is 0 Å². The van der Waals surface area contributed by atoms with Gasteiger partial charge in [0.05, 0.1) is 0 Å². The molecule has 1 aromatic rings. The van der Waals surface area contributed by atoms with Gasteiger partial charge >= 0.3 is 0 Å². The van der Waals surface area contributed by atoms with Gasteiger partial charge in [0.1, 0.15) is 9.84 Å². The Balaban J connectivity index is 0. The Bertz CT molecular complexity index is 307. The molecule has 0 radical (unpaired) electrons. The Morgan fingerprint density at radius 3 is 1.53 bits per heavy atom. The molecule has 0 heterocycles. The Labute approximate surface area is 94.3 Å². The molecule has 0 amide bonds. The van der Waals surface area contributed by atoms with Crippen LogP contribution < -0.4 is 0 Å². The molecule has 3 heteroatoms. The van der Waals surface area contributed by atoms with Crippen molar-refractivity contribution in [3.8, 4) is 0 Å². The van der Waals surface area contributed by atoms with Crippen LogP contribution in [-0.2, 0) is 16.3 Å². The summed E-state index contributed by atoms with van der Waals surface area (Å²) in [6, 6.07) is 10.5. The summed E-state index contributed by atoms with van der Waals surface area (Å²) in [5.41, 5.74) is 1.41. The van der Waals surface area contributed by atoms with Crippen LogP contribution in [-0.4, -0.2) is 20.9 Å². The van der Waals surface area contributed by atoms with Gasteiger partial charge in [-0.1, -0.05) is 51.1 Å². The highest BCUT2D eigenvalue weighted by Crippen LogP contribution is 1.96. The summed E-state index contributed by atoms with van der Waals surface area (Å²) in [4.78, 5) is 0. The highest BCUT2D eigenvalue weighted by atomic mass is 32.2. The van der Waals surface area contributed by atoms with Crippen LogP contribution in [0.15, 0.2) is 30.3 Å². The molecular formula is C12H22O2S. The smallest absolute Gasteiger partial charge is 0.144 e. The van der Waals surface area contributed by atoms with E-state index in [1.807, 2.05) is 19.9 Å². The molecule has 1 aromatic carbocycles. The lowest BCUT2D eigenvalue weighted by molar-refractivity contribution is 0.607. The molecule has 0 saturated heterocycles. The van der Waals surface area contributed by atoms with Crippen molar-refractivity contribution in [2.24, 2.45) is 0 Å². The number of aryl methyl sites for hydroxylation is 1. The lowest BCUT2D eigenvalue weighted by Crippen LogP contribution is -1.86. The molecule has 0 spiro atoms. The van der Waals surface area contributed by atoms with Crippen LogP contribution in [0.4, 0.5) is 0 Å². The molecular weight excluding hydrogens is 208 g/mol. The van der Waals surface area contributed by atoms with Crippen LogP contribution in [0, 0.1) is 0 Å². The van der Waals surface area contributed by atoms with Crippen molar-refractivity contribution in [1.29, 1.82) is 0 Å². The quantitative estimate of drug-likeness (QED) is 0.743. The first-order valence-corrected chi connectivity index (χ1v) is 7.42. The van der Waals surface area contributed by atoms with Gasteiger partial charge in [-0.05, 0) is 12.0 Å². The Kier molecular flexibility index (Phi) is 10.7. The van der Waals surface area contributed by atoms with Gasteiger partial charge in [-0.3, -0.25) is 0 Å². The summed E-state index contributed by atoms with van der Waals surface area (Å²) < 4.78 is 19.3. The minimum Gasteiger partial charge on any atom is -0.229 e. The summed E-state index contributed by atoms with van der Waals surface area (Å²) in [5.74, 6) is 0. The van der Waals surface area contributed by atoms with Gasteiger partial charge in [-0.2, -0.15) is 0 Å². The third-order valence-electron chi connectivity index (χ3n) is 1.25. The summed E-state index contributed by atoms with van der Waals surface area (Å²) in [7, 11) is -2.67. The van der Waals surface area contributed by atoms with Crippen LogP contribution in [0.5, 0.6) is 0 Å². The largest absolute Gasteiger partial charge is 0.229 e. The second-order valence-corrected chi connectivity index (χ2v) is 5.27. The van der Waals surface area contributed by atoms with Crippen molar-refractivity contribution < 1.29 is 8.42 Å². The topological polar surface area (TPSA) is 34.1 Å². The average Bonchev–Trinajstić information content (AvgIpc) is 2.20. The maximum atomic E-state index is 9.63. The number of benzene rings is 1. The Morgan fingerprint density at radius 2 is 1.33 bits per heavy atom. The normalized spacial score (nSPS) is 9.13. The average molecular weight is 230 g/mol.